The first-order chi connectivity index (χ1) is 4.41. The van der Waals surface area contributed by atoms with Crippen molar-refractivity contribution < 1.29 is 14.7 Å². The Hall–Kier alpha value is -0.860. The molecule has 0 saturated heterocycles. The first-order valence-electron chi connectivity index (χ1n) is 3.11. The van der Waals surface area contributed by atoms with E-state index >= 15 is 0 Å². The highest BCUT2D eigenvalue weighted by atomic mass is 16.4. The van der Waals surface area contributed by atoms with Gasteiger partial charge in [-0.2, -0.15) is 0 Å². The third-order valence-electron chi connectivity index (χ3n) is 1.79. The van der Waals surface area contributed by atoms with Gasteiger partial charge in [0.25, 0.3) is 0 Å². The van der Waals surface area contributed by atoms with Crippen LogP contribution in [0.4, 0.5) is 0 Å². The summed E-state index contributed by atoms with van der Waals surface area (Å²) in [5.74, 6) is -1.55. The monoisotopic (exact) mass is 144 g/mol. The summed E-state index contributed by atoms with van der Waals surface area (Å²) < 4.78 is 0. The Morgan fingerprint density at radius 1 is 1.60 bits per heavy atom. The van der Waals surface area contributed by atoms with Crippen LogP contribution in [0.25, 0.3) is 0 Å². The number of aldehydes is 1. The van der Waals surface area contributed by atoms with E-state index in [0.717, 1.165) is 0 Å². The lowest BCUT2D eigenvalue weighted by Gasteiger charge is -2.20. The predicted molar refractivity (Wildman–Crippen MR) is 36.6 cm³/mol. The summed E-state index contributed by atoms with van der Waals surface area (Å²) in [5.41, 5.74) is -0.758. The number of rotatable bonds is 3. The number of carboxylic acid groups (broad SMARTS) is 1. The van der Waals surface area contributed by atoms with Gasteiger partial charge in [0.1, 0.15) is 6.29 Å². The van der Waals surface area contributed by atoms with Gasteiger partial charge in [-0.3, -0.25) is 4.79 Å². The van der Waals surface area contributed by atoms with Crippen molar-refractivity contribution in [3.05, 3.63) is 0 Å². The van der Waals surface area contributed by atoms with Crippen molar-refractivity contribution in [3.8, 4) is 0 Å². The van der Waals surface area contributed by atoms with Crippen LogP contribution in [0.2, 0.25) is 0 Å². The second kappa shape index (κ2) is 2.82. The van der Waals surface area contributed by atoms with Crippen LogP contribution in [0.15, 0.2) is 0 Å². The summed E-state index contributed by atoms with van der Waals surface area (Å²) in [6, 6.07) is 0. The molecule has 0 heterocycles. The molecule has 0 aliphatic heterocycles. The molecule has 0 aromatic rings. The van der Waals surface area contributed by atoms with Crippen LogP contribution in [0, 0.1) is 11.3 Å². The molecule has 0 amide bonds. The van der Waals surface area contributed by atoms with Crippen LogP contribution in [-0.2, 0) is 9.59 Å². The van der Waals surface area contributed by atoms with Crippen molar-refractivity contribution in [2.24, 2.45) is 11.3 Å². The van der Waals surface area contributed by atoms with E-state index in [9.17, 15) is 9.59 Å². The Labute approximate surface area is 60.0 Å². The molecule has 58 valence electrons. The van der Waals surface area contributed by atoms with Crippen molar-refractivity contribution in [1.82, 2.24) is 0 Å². The van der Waals surface area contributed by atoms with Crippen molar-refractivity contribution in [2.45, 2.75) is 20.8 Å². The molecule has 0 aliphatic carbocycles. The standard InChI is InChI=1S/C7H12O3/c1-5(6(9)10)7(2,3)4-8/h4-5H,1-3H3,(H,9,10). The van der Waals surface area contributed by atoms with Gasteiger partial charge in [0.05, 0.1) is 5.92 Å². The second-order valence-electron chi connectivity index (χ2n) is 3.00. The fraction of sp³-hybridized carbons (Fsp3) is 0.714. The maximum Gasteiger partial charge on any atom is 0.307 e. The zero-order valence-electron chi connectivity index (χ0n) is 6.42. The van der Waals surface area contributed by atoms with E-state index in [1.54, 1.807) is 13.8 Å². The fourth-order valence-electron chi connectivity index (χ4n) is 0.420. The maximum atomic E-state index is 10.3. The third-order valence-corrected chi connectivity index (χ3v) is 1.79. The third kappa shape index (κ3) is 1.83. The van der Waals surface area contributed by atoms with Crippen molar-refractivity contribution in [3.63, 3.8) is 0 Å². The molecule has 0 radical (unpaired) electrons. The summed E-state index contributed by atoms with van der Waals surface area (Å²) in [6.07, 6.45) is 0.672. The molecule has 3 nitrogen and oxygen atoms in total. The summed E-state index contributed by atoms with van der Waals surface area (Å²) >= 11 is 0. The van der Waals surface area contributed by atoms with Gasteiger partial charge in [-0.1, -0.05) is 20.8 Å². The highest BCUT2D eigenvalue weighted by Gasteiger charge is 2.30. The molecular weight excluding hydrogens is 132 g/mol. The van der Waals surface area contributed by atoms with E-state index in [-0.39, 0.29) is 0 Å². The Morgan fingerprint density at radius 3 is 2.10 bits per heavy atom. The van der Waals surface area contributed by atoms with Gasteiger partial charge in [-0.15, -0.1) is 0 Å². The smallest absolute Gasteiger partial charge is 0.307 e. The van der Waals surface area contributed by atoms with Crippen molar-refractivity contribution in [1.29, 1.82) is 0 Å². The summed E-state index contributed by atoms with van der Waals surface area (Å²) in [5, 5.41) is 8.49. The summed E-state index contributed by atoms with van der Waals surface area (Å²) in [7, 11) is 0. The number of hydrogen-bond donors (Lipinski definition) is 1. The minimum atomic E-state index is -0.933. The first-order valence-corrected chi connectivity index (χ1v) is 3.11. The molecule has 1 atom stereocenters. The topological polar surface area (TPSA) is 54.4 Å². The number of carbonyl (C=O) groups is 2. The molecular formula is C7H12O3. The molecule has 0 bridgehead atoms. The van der Waals surface area contributed by atoms with E-state index in [1.165, 1.54) is 6.92 Å². The minimum Gasteiger partial charge on any atom is -0.481 e. The Kier molecular flexibility index (Phi) is 2.57. The number of carboxylic acids is 1. The van der Waals surface area contributed by atoms with Gasteiger partial charge in [0.15, 0.2) is 0 Å². The van der Waals surface area contributed by atoms with Crippen LogP contribution in [0.1, 0.15) is 20.8 Å². The largest absolute Gasteiger partial charge is 0.481 e. The SMILES string of the molecule is CC(C(=O)O)C(C)(C)C=O. The number of aliphatic carboxylic acids is 1. The average Bonchev–Trinajstić information content (AvgIpc) is 1.86. The van der Waals surface area contributed by atoms with Crippen LogP contribution in [0.3, 0.4) is 0 Å². The van der Waals surface area contributed by atoms with Crippen molar-refractivity contribution >= 4 is 12.3 Å². The summed E-state index contributed by atoms with van der Waals surface area (Å²) in [6.45, 7) is 4.74. The van der Waals surface area contributed by atoms with Gasteiger partial charge in [-0.25, -0.2) is 0 Å². The zero-order valence-corrected chi connectivity index (χ0v) is 6.42. The lowest BCUT2D eigenvalue weighted by Crippen LogP contribution is -2.29. The summed E-state index contributed by atoms with van der Waals surface area (Å²) in [4.78, 5) is 20.7. The van der Waals surface area contributed by atoms with Crippen LogP contribution in [-0.4, -0.2) is 17.4 Å². The van der Waals surface area contributed by atoms with Gasteiger partial charge in [0.2, 0.25) is 0 Å². The molecule has 0 aromatic heterocycles. The lowest BCUT2D eigenvalue weighted by atomic mass is 9.82. The van der Waals surface area contributed by atoms with Gasteiger partial charge < -0.3 is 9.90 Å². The number of hydrogen-bond acceptors (Lipinski definition) is 2. The average molecular weight is 144 g/mol. The van der Waals surface area contributed by atoms with Crippen LogP contribution in [0.5, 0.6) is 0 Å². The molecule has 3 heteroatoms. The Morgan fingerprint density at radius 2 is 2.00 bits per heavy atom. The lowest BCUT2D eigenvalue weighted by molar-refractivity contribution is -0.147. The molecule has 0 aromatic carbocycles. The number of carbonyl (C=O) groups excluding carboxylic acids is 1. The zero-order chi connectivity index (χ0) is 8.36. The molecule has 1 unspecified atom stereocenters. The molecule has 10 heavy (non-hydrogen) atoms. The minimum absolute atomic E-state index is 0.620. The fourth-order valence-corrected chi connectivity index (χ4v) is 0.420. The highest BCUT2D eigenvalue weighted by molar-refractivity contribution is 5.76. The maximum absolute atomic E-state index is 10.3. The predicted octanol–water partition coefficient (Wildman–Crippen LogP) is 0.932. The van der Waals surface area contributed by atoms with E-state index in [1.807, 2.05) is 0 Å². The normalized spacial score (nSPS) is 14.3. The Balaban J connectivity index is 4.31. The van der Waals surface area contributed by atoms with E-state index in [4.69, 9.17) is 5.11 Å². The van der Waals surface area contributed by atoms with Crippen LogP contribution >= 0.6 is 0 Å². The highest BCUT2D eigenvalue weighted by Crippen LogP contribution is 2.23. The van der Waals surface area contributed by atoms with Gasteiger partial charge >= 0.3 is 5.97 Å². The first kappa shape index (κ1) is 9.14. The molecule has 0 spiro atoms. The van der Waals surface area contributed by atoms with Crippen molar-refractivity contribution in [2.75, 3.05) is 0 Å². The quantitative estimate of drug-likeness (QED) is 0.599. The molecule has 1 N–H and O–H groups in total. The van der Waals surface area contributed by atoms with Gasteiger partial charge in [-0.05, 0) is 0 Å². The van der Waals surface area contributed by atoms with E-state index < -0.39 is 17.3 Å². The molecule has 0 saturated carbocycles. The molecule has 0 rings (SSSR count). The van der Waals surface area contributed by atoms with E-state index in [0.29, 0.717) is 6.29 Å². The Bertz CT molecular complexity index is 149. The van der Waals surface area contributed by atoms with Crippen LogP contribution < -0.4 is 0 Å². The molecule has 0 aliphatic rings. The second-order valence-corrected chi connectivity index (χ2v) is 3.00. The van der Waals surface area contributed by atoms with Gasteiger partial charge in [0, 0.05) is 5.41 Å². The van der Waals surface area contributed by atoms with E-state index in [2.05, 4.69) is 0 Å². The molecule has 0 fully saturated rings.